The first-order valence-electron chi connectivity index (χ1n) is 4.32. The summed E-state index contributed by atoms with van der Waals surface area (Å²) in [5, 5.41) is 0.875. The van der Waals surface area contributed by atoms with Gasteiger partial charge in [-0.3, -0.25) is 0 Å². The molecular formula is C8H8Cl2IN3. The largest absolute Gasteiger partial charge is 0.341 e. The molecule has 2 heterocycles. The standard InChI is InChI=1S/C8H8Cl2IN3/c9-6-5(11)7(10)13-8(12-6)14-3-1-2-4-14/h1-4H2. The number of hydrogen-bond acceptors (Lipinski definition) is 3. The number of aromatic nitrogens is 2. The molecule has 1 aliphatic heterocycles. The predicted octanol–water partition coefficient (Wildman–Crippen LogP) is 2.99. The van der Waals surface area contributed by atoms with E-state index < -0.39 is 0 Å². The third-order valence-corrected chi connectivity index (χ3v) is 4.35. The van der Waals surface area contributed by atoms with Gasteiger partial charge in [0.25, 0.3) is 0 Å². The van der Waals surface area contributed by atoms with Crippen LogP contribution >= 0.6 is 45.8 Å². The highest BCUT2D eigenvalue weighted by Crippen LogP contribution is 2.26. The van der Waals surface area contributed by atoms with Crippen molar-refractivity contribution in [3.8, 4) is 0 Å². The summed E-state index contributed by atoms with van der Waals surface area (Å²) in [4.78, 5) is 10.5. The van der Waals surface area contributed by atoms with E-state index in [0.29, 0.717) is 19.8 Å². The van der Waals surface area contributed by atoms with Gasteiger partial charge in [-0.05, 0) is 35.4 Å². The number of nitrogens with zero attached hydrogens (tertiary/aromatic N) is 3. The van der Waals surface area contributed by atoms with E-state index in [1.165, 1.54) is 12.8 Å². The van der Waals surface area contributed by atoms with Crippen LogP contribution in [0.4, 0.5) is 5.95 Å². The summed E-state index contributed by atoms with van der Waals surface area (Å²) >= 11 is 13.9. The molecule has 0 spiro atoms. The number of anilines is 1. The van der Waals surface area contributed by atoms with Crippen LogP contribution < -0.4 is 4.90 Å². The molecule has 1 aromatic rings. The van der Waals surface area contributed by atoms with Crippen LogP contribution in [0.1, 0.15) is 12.8 Å². The van der Waals surface area contributed by atoms with Crippen molar-refractivity contribution in [3.63, 3.8) is 0 Å². The highest BCUT2D eigenvalue weighted by molar-refractivity contribution is 14.1. The quantitative estimate of drug-likeness (QED) is 0.580. The molecule has 0 radical (unpaired) electrons. The molecule has 1 aliphatic rings. The SMILES string of the molecule is Clc1nc(N2CCCC2)nc(Cl)c1I. The van der Waals surface area contributed by atoms with E-state index in [1.807, 2.05) is 22.6 Å². The molecule has 0 N–H and O–H groups in total. The van der Waals surface area contributed by atoms with Gasteiger partial charge in [0.15, 0.2) is 0 Å². The minimum absolute atomic E-state index is 0.438. The van der Waals surface area contributed by atoms with E-state index >= 15 is 0 Å². The van der Waals surface area contributed by atoms with Gasteiger partial charge in [-0.15, -0.1) is 0 Å². The van der Waals surface area contributed by atoms with Crippen LogP contribution in [0.3, 0.4) is 0 Å². The molecule has 2 rings (SSSR count). The number of halogens is 3. The second kappa shape index (κ2) is 4.37. The van der Waals surface area contributed by atoms with Crippen LogP contribution in [0.15, 0.2) is 0 Å². The minimum Gasteiger partial charge on any atom is -0.341 e. The molecule has 0 atom stereocenters. The van der Waals surface area contributed by atoms with Crippen molar-refractivity contribution in [3.05, 3.63) is 13.9 Å². The number of rotatable bonds is 1. The Morgan fingerprint density at radius 1 is 1.07 bits per heavy atom. The Bertz CT molecular complexity index is 329. The molecule has 0 saturated carbocycles. The fourth-order valence-corrected chi connectivity index (χ4v) is 2.06. The average molecular weight is 344 g/mol. The summed E-state index contributed by atoms with van der Waals surface area (Å²) in [7, 11) is 0. The van der Waals surface area contributed by atoms with Gasteiger partial charge in [0, 0.05) is 13.1 Å². The van der Waals surface area contributed by atoms with Crippen molar-refractivity contribution >= 4 is 51.7 Å². The van der Waals surface area contributed by atoms with Gasteiger partial charge in [0.05, 0.1) is 3.57 Å². The molecule has 0 bridgehead atoms. The molecule has 3 nitrogen and oxygen atoms in total. The summed E-state index contributed by atoms with van der Waals surface area (Å²) in [6.45, 7) is 1.99. The Morgan fingerprint density at radius 2 is 1.57 bits per heavy atom. The van der Waals surface area contributed by atoms with E-state index in [1.54, 1.807) is 0 Å². The maximum absolute atomic E-state index is 5.93. The Morgan fingerprint density at radius 3 is 2.07 bits per heavy atom. The van der Waals surface area contributed by atoms with Crippen LogP contribution in [0.2, 0.25) is 10.3 Å². The Labute approximate surface area is 106 Å². The zero-order valence-electron chi connectivity index (χ0n) is 7.30. The van der Waals surface area contributed by atoms with Gasteiger partial charge in [0.1, 0.15) is 10.3 Å². The second-order valence-corrected chi connectivity index (χ2v) is 4.91. The summed E-state index contributed by atoms with van der Waals surface area (Å²) < 4.78 is 0.717. The summed E-state index contributed by atoms with van der Waals surface area (Å²) in [6.07, 6.45) is 2.37. The molecule has 1 aromatic heterocycles. The molecule has 14 heavy (non-hydrogen) atoms. The fourth-order valence-electron chi connectivity index (χ4n) is 1.44. The van der Waals surface area contributed by atoms with Crippen molar-refractivity contribution in [1.29, 1.82) is 0 Å². The van der Waals surface area contributed by atoms with E-state index in [2.05, 4.69) is 14.9 Å². The molecule has 6 heteroatoms. The van der Waals surface area contributed by atoms with Crippen LogP contribution in [0.25, 0.3) is 0 Å². The Kier molecular flexibility index (Phi) is 3.34. The van der Waals surface area contributed by atoms with Gasteiger partial charge in [0.2, 0.25) is 5.95 Å². The van der Waals surface area contributed by atoms with Crippen molar-refractivity contribution in [2.24, 2.45) is 0 Å². The van der Waals surface area contributed by atoms with Crippen molar-refractivity contribution in [1.82, 2.24) is 9.97 Å². The molecule has 1 saturated heterocycles. The van der Waals surface area contributed by atoms with Crippen LogP contribution in [0, 0.1) is 3.57 Å². The first-order valence-corrected chi connectivity index (χ1v) is 6.15. The van der Waals surface area contributed by atoms with Crippen molar-refractivity contribution in [2.45, 2.75) is 12.8 Å². The Balaban J connectivity index is 2.34. The number of hydrogen-bond donors (Lipinski definition) is 0. The van der Waals surface area contributed by atoms with Crippen LogP contribution in [-0.4, -0.2) is 23.1 Å². The molecule has 76 valence electrons. The lowest BCUT2D eigenvalue weighted by Gasteiger charge is -2.15. The second-order valence-electron chi connectivity index (χ2n) is 3.11. The third-order valence-electron chi connectivity index (χ3n) is 2.15. The molecular weight excluding hydrogens is 336 g/mol. The molecule has 0 amide bonds. The molecule has 0 unspecified atom stereocenters. The van der Waals surface area contributed by atoms with Crippen molar-refractivity contribution < 1.29 is 0 Å². The third kappa shape index (κ3) is 2.06. The lowest BCUT2D eigenvalue weighted by atomic mass is 10.4. The normalized spacial score (nSPS) is 16.4. The fraction of sp³-hybridized carbons (Fsp3) is 0.500. The highest BCUT2D eigenvalue weighted by Gasteiger charge is 2.17. The monoisotopic (exact) mass is 343 g/mol. The predicted molar refractivity (Wildman–Crippen MR) is 66.2 cm³/mol. The summed E-state index contributed by atoms with van der Waals surface area (Å²) in [6, 6.07) is 0. The van der Waals surface area contributed by atoms with Gasteiger partial charge >= 0.3 is 0 Å². The summed E-state index contributed by atoms with van der Waals surface area (Å²) in [5.74, 6) is 0.651. The average Bonchev–Trinajstić information content (AvgIpc) is 2.66. The minimum atomic E-state index is 0.438. The summed E-state index contributed by atoms with van der Waals surface area (Å²) in [5.41, 5.74) is 0. The van der Waals surface area contributed by atoms with Gasteiger partial charge in [-0.1, -0.05) is 23.2 Å². The van der Waals surface area contributed by atoms with Gasteiger partial charge in [-0.25, -0.2) is 0 Å². The van der Waals surface area contributed by atoms with Crippen molar-refractivity contribution in [2.75, 3.05) is 18.0 Å². The highest BCUT2D eigenvalue weighted by atomic mass is 127. The topological polar surface area (TPSA) is 29.0 Å². The van der Waals surface area contributed by atoms with E-state index in [0.717, 1.165) is 13.1 Å². The van der Waals surface area contributed by atoms with E-state index in [-0.39, 0.29) is 0 Å². The zero-order valence-corrected chi connectivity index (χ0v) is 11.0. The van der Waals surface area contributed by atoms with Gasteiger partial charge < -0.3 is 4.90 Å². The van der Waals surface area contributed by atoms with Crippen LogP contribution in [0.5, 0.6) is 0 Å². The van der Waals surface area contributed by atoms with Gasteiger partial charge in [-0.2, -0.15) is 9.97 Å². The molecule has 1 fully saturated rings. The molecule has 0 aliphatic carbocycles. The molecule has 0 aromatic carbocycles. The van der Waals surface area contributed by atoms with Crippen LogP contribution in [-0.2, 0) is 0 Å². The lowest BCUT2D eigenvalue weighted by molar-refractivity contribution is 0.896. The lowest BCUT2D eigenvalue weighted by Crippen LogP contribution is -2.20. The first kappa shape index (κ1) is 10.7. The smallest absolute Gasteiger partial charge is 0.228 e. The first-order chi connectivity index (χ1) is 6.68. The maximum atomic E-state index is 5.93. The van der Waals surface area contributed by atoms with E-state index in [4.69, 9.17) is 23.2 Å². The zero-order chi connectivity index (χ0) is 10.1. The van der Waals surface area contributed by atoms with E-state index in [9.17, 15) is 0 Å². The maximum Gasteiger partial charge on any atom is 0.228 e. The Hall–Kier alpha value is 0.190.